The SMILES string of the molecule is C/C=C\C(N)=C/Cc1cnc2n1C=CC(C)(C)N=C2. The Morgan fingerprint density at radius 3 is 3.00 bits per heavy atom. The largest absolute Gasteiger partial charge is 0.399 e. The van der Waals surface area contributed by atoms with Crippen molar-refractivity contribution in [1.29, 1.82) is 0 Å². The molecule has 0 spiro atoms. The van der Waals surface area contributed by atoms with Gasteiger partial charge >= 0.3 is 0 Å². The molecule has 0 unspecified atom stereocenters. The lowest BCUT2D eigenvalue weighted by Crippen LogP contribution is -2.11. The van der Waals surface area contributed by atoms with Crippen LogP contribution in [0.5, 0.6) is 0 Å². The van der Waals surface area contributed by atoms with Gasteiger partial charge in [-0.15, -0.1) is 0 Å². The third-order valence-electron chi connectivity index (χ3n) is 2.95. The number of aromatic nitrogens is 2. The molecule has 0 atom stereocenters. The highest BCUT2D eigenvalue weighted by Gasteiger charge is 2.15. The standard InChI is InChI=1S/C15H20N4/c1-4-5-12(16)6-7-13-10-17-14-11-18-15(2,3)8-9-19(13)14/h4-6,8-11H,7,16H2,1-3H3/b5-4-,12-6+. The summed E-state index contributed by atoms with van der Waals surface area (Å²) >= 11 is 0. The minimum absolute atomic E-state index is 0.183. The Labute approximate surface area is 114 Å². The van der Waals surface area contributed by atoms with Gasteiger partial charge < -0.3 is 10.3 Å². The van der Waals surface area contributed by atoms with Crippen molar-refractivity contribution in [3.05, 3.63) is 47.7 Å². The van der Waals surface area contributed by atoms with E-state index in [1.807, 2.05) is 43.8 Å². The Kier molecular flexibility index (Phi) is 3.69. The van der Waals surface area contributed by atoms with Gasteiger partial charge in [0.15, 0.2) is 5.82 Å². The Morgan fingerprint density at radius 1 is 1.47 bits per heavy atom. The van der Waals surface area contributed by atoms with Crippen LogP contribution < -0.4 is 5.73 Å². The Hall–Kier alpha value is -2.10. The smallest absolute Gasteiger partial charge is 0.154 e. The second-order valence-electron chi connectivity index (χ2n) is 5.11. The first-order valence-electron chi connectivity index (χ1n) is 6.41. The van der Waals surface area contributed by atoms with Gasteiger partial charge in [0.05, 0.1) is 11.8 Å². The van der Waals surface area contributed by atoms with Crippen LogP contribution in [0.2, 0.25) is 0 Å². The molecule has 0 aliphatic carbocycles. The van der Waals surface area contributed by atoms with Gasteiger partial charge in [-0.2, -0.15) is 0 Å². The van der Waals surface area contributed by atoms with Crippen LogP contribution in [0.4, 0.5) is 0 Å². The topological polar surface area (TPSA) is 56.2 Å². The van der Waals surface area contributed by atoms with Crippen LogP contribution >= 0.6 is 0 Å². The zero-order valence-corrected chi connectivity index (χ0v) is 11.7. The van der Waals surface area contributed by atoms with Crippen LogP contribution in [0.3, 0.4) is 0 Å². The Morgan fingerprint density at radius 2 is 2.26 bits per heavy atom. The molecule has 2 N–H and O–H groups in total. The van der Waals surface area contributed by atoms with E-state index >= 15 is 0 Å². The van der Waals surface area contributed by atoms with Crippen molar-refractivity contribution in [2.24, 2.45) is 10.7 Å². The minimum atomic E-state index is -0.183. The molecule has 100 valence electrons. The van der Waals surface area contributed by atoms with Crippen LogP contribution in [0.25, 0.3) is 6.20 Å². The van der Waals surface area contributed by atoms with Gasteiger partial charge in [0, 0.05) is 30.2 Å². The first-order chi connectivity index (χ1) is 9.02. The van der Waals surface area contributed by atoms with Gasteiger partial charge in [-0.25, -0.2) is 4.98 Å². The maximum atomic E-state index is 5.85. The summed E-state index contributed by atoms with van der Waals surface area (Å²) in [6.45, 7) is 6.08. The maximum Gasteiger partial charge on any atom is 0.154 e. The molecule has 0 aromatic carbocycles. The summed E-state index contributed by atoms with van der Waals surface area (Å²) in [6.07, 6.45) is 14.4. The first-order valence-corrected chi connectivity index (χ1v) is 6.41. The number of hydrogen-bond acceptors (Lipinski definition) is 3. The second-order valence-corrected chi connectivity index (χ2v) is 5.11. The molecule has 0 radical (unpaired) electrons. The zero-order valence-electron chi connectivity index (χ0n) is 11.7. The van der Waals surface area contributed by atoms with E-state index < -0.39 is 0 Å². The molecule has 0 bridgehead atoms. The second kappa shape index (κ2) is 5.26. The molecule has 1 aromatic heterocycles. The predicted molar refractivity (Wildman–Crippen MR) is 80.0 cm³/mol. The van der Waals surface area contributed by atoms with Crippen molar-refractivity contribution in [2.45, 2.75) is 32.7 Å². The van der Waals surface area contributed by atoms with Crippen molar-refractivity contribution in [3.63, 3.8) is 0 Å². The average Bonchev–Trinajstić information content (AvgIpc) is 2.67. The fourth-order valence-electron chi connectivity index (χ4n) is 1.84. The highest BCUT2D eigenvalue weighted by molar-refractivity contribution is 5.78. The lowest BCUT2D eigenvalue weighted by molar-refractivity contribution is 0.664. The quantitative estimate of drug-likeness (QED) is 0.845. The highest BCUT2D eigenvalue weighted by Crippen LogP contribution is 2.17. The van der Waals surface area contributed by atoms with Crippen LogP contribution in [0, 0.1) is 0 Å². The first kappa shape index (κ1) is 13.3. The van der Waals surface area contributed by atoms with Crippen molar-refractivity contribution >= 4 is 12.4 Å². The number of aliphatic imine (C=N–C) groups is 1. The van der Waals surface area contributed by atoms with E-state index in [2.05, 4.69) is 34.5 Å². The summed E-state index contributed by atoms with van der Waals surface area (Å²) in [5.41, 5.74) is 7.54. The van der Waals surface area contributed by atoms with E-state index in [1.165, 1.54) is 0 Å². The molecule has 0 saturated heterocycles. The van der Waals surface area contributed by atoms with Gasteiger partial charge in [0.25, 0.3) is 0 Å². The molecule has 2 heterocycles. The molecule has 0 saturated carbocycles. The molecule has 19 heavy (non-hydrogen) atoms. The molecule has 4 heteroatoms. The third-order valence-corrected chi connectivity index (χ3v) is 2.95. The number of hydrogen-bond donors (Lipinski definition) is 1. The lowest BCUT2D eigenvalue weighted by Gasteiger charge is -2.11. The summed E-state index contributed by atoms with van der Waals surface area (Å²) in [5, 5.41) is 0. The van der Waals surface area contributed by atoms with Crippen molar-refractivity contribution in [1.82, 2.24) is 9.55 Å². The normalized spacial score (nSPS) is 17.7. The van der Waals surface area contributed by atoms with Crippen LogP contribution in [0.15, 0.2) is 41.2 Å². The van der Waals surface area contributed by atoms with E-state index in [9.17, 15) is 0 Å². The molecule has 0 amide bonds. The third kappa shape index (κ3) is 3.22. The zero-order chi connectivity index (χ0) is 13.9. The number of nitrogens with zero attached hydrogens (tertiary/aromatic N) is 3. The van der Waals surface area contributed by atoms with Crippen molar-refractivity contribution in [3.8, 4) is 0 Å². The summed E-state index contributed by atoms with van der Waals surface area (Å²) in [4.78, 5) is 8.87. The van der Waals surface area contributed by atoms with E-state index in [0.29, 0.717) is 0 Å². The summed E-state index contributed by atoms with van der Waals surface area (Å²) < 4.78 is 2.05. The van der Waals surface area contributed by atoms with Gasteiger partial charge in [-0.1, -0.05) is 12.2 Å². The summed E-state index contributed by atoms with van der Waals surface area (Å²) in [5.74, 6) is 0.856. The molecule has 1 aromatic rings. The highest BCUT2D eigenvalue weighted by atomic mass is 15.1. The molecular weight excluding hydrogens is 236 g/mol. The number of rotatable bonds is 3. The molecule has 1 aliphatic rings. The Balaban J connectivity index is 2.26. The lowest BCUT2D eigenvalue weighted by atomic mass is 10.1. The molecule has 4 nitrogen and oxygen atoms in total. The number of allylic oxidation sites excluding steroid dienone is 3. The van der Waals surface area contributed by atoms with Crippen LogP contribution in [0.1, 0.15) is 32.3 Å². The number of imidazole rings is 1. The van der Waals surface area contributed by atoms with Gasteiger partial charge in [-0.3, -0.25) is 4.99 Å². The fraction of sp³-hybridized carbons (Fsp3) is 0.333. The van der Waals surface area contributed by atoms with Gasteiger partial charge in [0.2, 0.25) is 0 Å². The van der Waals surface area contributed by atoms with Gasteiger partial charge in [-0.05, 0) is 32.9 Å². The Bertz CT molecular complexity index is 571. The molecular formula is C15H20N4. The minimum Gasteiger partial charge on any atom is -0.399 e. The molecule has 2 rings (SSSR count). The van der Waals surface area contributed by atoms with E-state index in [1.54, 1.807) is 0 Å². The van der Waals surface area contributed by atoms with Crippen molar-refractivity contribution < 1.29 is 0 Å². The van der Waals surface area contributed by atoms with Crippen LogP contribution in [-0.4, -0.2) is 21.3 Å². The number of nitrogens with two attached hydrogens (primary N) is 1. The molecule has 0 fully saturated rings. The van der Waals surface area contributed by atoms with E-state index in [-0.39, 0.29) is 5.54 Å². The summed E-state index contributed by atoms with van der Waals surface area (Å²) in [7, 11) is 0. The van der Waals surface area contributed by atoms with Crippen LogP contribution in [-0.2, 0) is 6.42 Å². The van der Waals surface area contributed by atoms with E-state index in [0.717, 1.165) is 23.6 Å². The van der Waals surface area contributed by atoms with Gasteiger partial charge in [0.1, 0.15) is 0 Å². The maximum absolute atomic E-state index is 5.85. The number of fused-ring (bicyclic) bond motifs is 1. The predicted octanol–water partition coefficient (Wildman–Crippen LogP) is 2.53. The monoisotopic (exact) mass is 256 g/mol. The average molecular weight is 256 g/mol. The fourth-order valence-corrected chi connectivity index (χ4v) is 1.84. The van der Waals surface area contributed by atoms with Crippen molar-refractivity contribution in [2.75, 3.05) is 0 Å². The van der Waals surface area contributed by atoms with E-state index in [4.69, 9.17) is 5.73 Å². The summed E-state index contributed by atoms with van der Waals surface area (Å²) in [6, 6.07) is 0. The molecule has 1 aliphatic heterocycles.